The predicted molar refractivity (Wildman–Crippen MR) is 62.6 cm³/mol. The number of rotatable bonds is 6. The molecular weight excluding hydrogens is 204 g/mol. The second kappa shape index (κ2) is 6.28. The van der Waals surface area contributed by atoms with Crippen LogP contribution in [-0.2, 0) is 22.4 Å². The predicted octanol–water partition coefficient (Wildman–Crippen LogP) is 2.28. The Kier molecular flexibility index (Phi) is 4.99. The molecule has 0 aromatic heterocycles. The van der Waals surface area contributed by atoms with Gasteiger partial charge in [-0.2, -0.15) is 0 Å². The number of benzene rings is 1. The quantitative estimate of drug-likeness (QED) is 0.803. The fourth-order valence-electron chi connectivity index (χ4n) is 1.54. The maximum Gasteiger partial charge on any atom is 0.307 e. The largest absolute Gasteiger partial charge is 0.481 e. The van der Waals surface area contributed by atoms with E-state index in [9.17, 15) is 4.79 Å². The molecule has 16 heavy (non-hydrogen) atoms. The van der Waals surface area contributed by atoms with Gasteiger partial charge in [0.05, 0.1) is 19.1 Å². The third-order valence-corrected chi connectivity index (χ3v) is 2.28. The van der Waals surface area contributed by atoms with Gasteiger partial charge >= 0.3 is 5.97 Å². The topological polar surface area (TPSA) is 46.5 Å². The number of aliphatic carboxylic acids is 1. The Morgan fingerprint density at radius 3 is 2.50 bits per heavy atom. The minimum Gasteiger partial charge on any atom is -0.481 e. The lowest BCUT2D eigenvalue weighted by atomic mass is 10.0. The van der Waals surface area contributed by atoms with E-state index < -0.39 is 5.97 Å². The summed E-state index contributed by atoms with van der Waals surface area (Å²) in [5.41, 5.74) is 1.94. The van der Waals surface area contributed by atoms with Crippen molar-refractivity contribution in [3.05, 3.63) is 35.4 Å². The van der Waals surface area contributed by atoms with Crippen LogP contribution in [0.4, 0.5) is 0 Å². The first-order valence-electron chi connectivity index (χ1n) is 5.49. The molecule has 0 aliphatic rings. The molecule has 3 nitrogen and oxygen atoms in total. The Balaban J connectivity index is 2.60. The summed E-state index contributed by atoms with van der Waals surface area (Å²) in [6, 6.07) is 7.61. The van der Waals surface area contributed by atoms with Crippen molar-refractivity contribution in [3.63, 3.8) is 0 Å². The molecule has 1 aromatic rings. The Hall–Kier alpha value is -1.35. The third-order valence-electron chi connectivity index (χ3n) is 2.28. The summed E-state index contributed by atoms with van der Waals surface area (Å²) in [5, 5.41) is 8.77. The van der Waals surface area contributed by atoms with E-state index in [0.717, 1.165) is 17.5 Å². The zero-order valence-electron chi connectivity index (χ0n) is 9.77. The number of carbonyl (C=O) groups is 1. The number of ether oxygens (including phenoxy) is 1. The van der Waals surface area contributed by atoms with E-state index in [1.165, 1.54) is 0 Å². The van der Waals surface area contributed by atoms with E-state index in [-0.39, 0.29) is 12.5 Å². The van der Waals surface area contributed by atoms with Gasteiger partial charge in [0.2, 0.25) is 0 Å². The van der Waals surface area contributed by atoms with Gasteiger partial charge in [-0.25, -0.2) is 0 Å². The van der Waals surface area contributed by atoms with Gasteiger partial charge in [-0.05, 0) is 31.4 Å². The van der Waals surface area contributed by atoms with Gasteiger partial charge in [0.15, 0.2) is 0 Å². The van der Waals surface area contributed by atoms with Gasteiger partial charge < -0.3 is 9.84 Å². The van der Waals surface area contributed by atoms with Gasteiger partial charge in [-0.1, -0.05) is 24.3 Å². The first kappa shape index (κ1) is 12.7. The Morgan fingerprint density at radius 1 is 1.31 bits per heavy atom. The zero-order chi connectivity index (χ0) is 12.0. The summed E-state index contributed by atoms with van der Waals surface area (Å²) in [5.74, 6) is -0.794. The number of hydrogen-bond donors (Lipinski definition) is 1. The molecule has 0 fully saturated rings. The van der Waals surface area contributed by atoms with E-state index in [4.69, 9.17) is 9.84 Å². The molecule has 3 heteroatoms. The summed E-state index contributed by atoms with van der Waals surface area (Å²) in [7, 11) is 0. The molecule has 0 heterocycles. The van der Waals surface area contributed by atoms with Crippen molar-refractivity contribution in [2.45, 2.75) is 32.8 Å². The zero-order valence-corrected chi connectivity index (χ0v) is 9.77. The average Bonchev–Trinajstić information content (AvgIpc) is 2.19. The molecule has 0 amide bonds. The van der Waals surface area contributed by atoms with Crippen molar-refractivity contribution in [2.75, 3.05) is 6.61 Å². The highest BCUT2D eigenvalue weighted by Crippen LogP contribution is 2.11. The highest BCUT2D eigenvalue weighted by molar-refractivity contribution is 5.70. The van der Waals surface area contributed by atoms with E-state index in [2.05, 4.69) is 0 Å². The van der Waals surface area contributed by atoms with Crippen LogP contribution in [0, 0.1) is 0 Å². The molecule has 0 radical (unpaired) electrons. The smallest absolute Gasteiger partial charge is 0.307 e. The monoisotopic (exact) mass is 222 g/mol. The fourth-order valence-corrected chi connectivity index (χ4v) is 1.54. The van der Waals surface area contributed by atoms with Crippen LogP contribution in [0.25, 0.3) is 0 Å². The van der Waals surface area contributed by atoms with Crippen LogP contribution in [0.15, 0.2) is 24.3 Å². The Morgan fingerprint density at radius 2 is 1.94 bits per heavy atom. The second-order valence-electron chi connectivity index (χ2n) is 4.01. The summed E-state index contributed by atoms with van der Waals surface area (Å²) in [6.07, 6.45) is 1.06. The lowest BCUT2D eigenvalue weighted by Gasteiger charge is -2.10. The van der Waals surface area contributed by atoms with Crippen LogP contribution in [0.5, 0.6) is 0 Å². The van der Waals surface area contributed by atoms with Crippen molar-refractivity contribution in [3.8, 4) is 0 Å². The van der Waals surface area contributed by atoms with E-state index in [0.29, 0.717) is 6.61 Å². The molecule has 0 aliphatic carbocycles. The molecular formula is C13H18O3. The molecule has 0 bridgehead atoms. The molecule has 0 saturated carbocycles. The van der Waals surface area contributed by atoms with Crippen LogP contribution < -0.4 is 0 Å². The molecule has 1 rings (SSSR count). The number of carboxylic acids is 1. The van der Waals surface area contributed by atoms with Crippen molar-refractivity contribution in [1.82, 2.24) is 0 Å². The molecule has 0 aliphatic heterocycles. The van der Waals surface area contributed by atoms with E-state index in [1.807, 2.05) is 38.1 Å². The van der Waals surface area contributed by atoms with Crippen LogP contribution in [0.3, 0.4) is 0 Å². The van der Waals surface area contributed by atoms with Crippen LogP contribution in [0.1, 0.15) is 25.0 Å². The van der Waals surface area contributed by atoms with Crippen LogP contribution >= 0.6 is 0 Å². The molecule has 1 N–H and O–H groups in total. The molecule has 0 unspecified atom stereocenters. The Labute approximate surface area is 96.1 Å². The van der Waals surface area contributed by atoms with Gasteiger partial charge in [0, 0.05) is 0 Å². The second-order valence-corrected chi connectivity index (χ2v) is 4.01. The number of carboxylic acid groups (broad SMARTS) is 1. The molecule has 88 valence electrons. The maximum absolute atomic E-state index is 10.7. The van der Waals surface area contributed by atoms with Crippen molar-refractivity contribution >= 4 is 5.97 Å². The molecule has 1 aromatic carbocycles. The Bertz CT molecular complexity index is 345. The average molecular weight is 222 g/mol. The highest BCUT2D eigenvalue weighted by Gasteiger charge is 2.06. The van der Waals surface area contributed by atoms with Crippen molar-refractivity contribution in [2.24, 2.45) is 0 Å². The summed E-state index contributed by atoms with van der Waals surface area (Å²) >= 11 is 0. The van der Waals surface area contributed by atoms with Gasteiger partial charge in [0.1, 0.15) is 0 Å². The van der Waals surface area contributed by atoms with Crippen LogP contribution in [-0.4, -0.2) is 23.8 Å². The van der Waals surface area contributed by atoms with E-state index >= 15 is 0 Å². The lowest BCUT2D eigenvalue weighted by Crippen LogP contribution is -2.09. The fraction of sp³-hybridized carbons (Fsp3) is 0.462. The first-order valence-corrected chi connectivity index (χ1v) is 5.49. The minimum atomic E-state index is -0.794. The number of hydrogen-bond acceptors (Lipinski definition) is 2. The van der Waals surface area contributed by atoms with Gasteiger partial charge in [0.25, 0.3) is 0 Å². The molecule has 0 spiro atoms. The lowest BCUT2D eigenvalue weighted by molar-refractivity contribution is -0.136. The summed E-state index contributed by atoms with van der Waals surface area (Å²) in [4.78, 5) is 10.7. The van der Waals surface area contributed by atoms with Crippen molar-refractivity contribution in [1.29, 1.82) is 0 Å². The van der Waals surface area contributed by atoms with E-state index in [1.54, 1.807) is 0 Å². The summed E-state index contributed by atoms with van der Waals surface area (Å²) < 4.78 is 5.46. The van der Waals surface area contributed by atoms with Crippen molar-refractivity contribution < 1.29 is 14.6 Å². The van der Waals surface area contributed by atoms with Gasteiger partial charge in [-0.15, -0.1) is 0 Å². The van der Waals surface area contributed by atoms with Gasteiger partial charge in [-0.3, -0.25) is 4.79 Å². The standard InChI is InChI=1S/C13H18O3/c1-10(2)16-8-7-11-5-3-4-6-12(11)9-13(14)15/h3-6,10H,7-9H2,1-2H3,(H,14,15). The minimum absolute atomic E-state index is 0.0812. The SMILES string of the molecule is CC(C)OCCc1ccccc1CC(=O)O. The van der Waals surface area contributed by atoms with Crippen LogP contribution in [0.2, 0.25) is 0 Å². The molecule has 0 atom stereocenters. The molecule has 0 saturated heterocycles. The maximum atomic E-state index is 10.7. The summed E-state index contributed by atoms with van der Waals surface area (Å²) in [6.45, 7) is 4.61. The highest BCUT2D eigenvalue weighted by atomic mass is 16.5. The third kappa shape index (κ3) is 4.45. The normalized spacial score (nSPS) is 10.7. The first-order chi connectivity index (χ1) is 7.59.